The number of carboxylic acids is 1. The zero-order valence-corrected chi connectivity index (χ0v) is 11.6. The summed E-state index contributed by atoms with van der Waals surface area (Å²) in [5.41, 5.74) is 0.303. The Bertz CT molecular complexity index is 517. The summed E-state index contributed by atoms with van der Waals surface area (Å²) in [4.78, 5) is 22.8. The first-order valence-corrected chi connectivity index (χ1v) is 6.74. The van der Waals surface area contributed by atoms with E-state index in [2.05, 4.69) is 21.2 Å². The van der Waals surface area contributed by atoms with Gasteiger partial charge in [-0.15, -0.1) is 0 Å². The number of carbonyl (C=O) groups excluding carboxylic acids is 1. The molecule has 0 saturated heterocycles. The molecule has 1 fully saturated rings. The quantitative estimate of drug-likeness (QED) is 0.872. The van der Waals surface area contributed by atoms with Crippen LogP contribution in [0.3, 0.4) is 0 Å². The molecule has 0 heterocycles. The van der Waals surface area contributed by atoms with Gasteiger partial charge in [-0.2, -0.15) is 0 Å². The van der Waals surface area contributed by atoms with E-state index in [4.69, 9.17) is 5.11 Å². The minimum Gasteiger partial charge on any atom is -0.481 e. The highest BCUT2D eigenvalue weighted by atomic mass is 79.9. The van der Waals surface area contributed by atoms with Gasteiger partial charge in [-0.25, -0.2) is 4.39 Å². The van der Waals surface area contributed by atoms with Crippen molar-refractivity contribution in [3.05, 3.63) is 34.1 Å². The summed E-state index contributed by atoms with van der Waals surface area (Å²) in [7, 11) is 0. The van der Waals surface area contributed by atoms with Crippen LogP contribution in [0.4, 0.5) is 4.39 Å². The lowest BCUT2D eigenvalue weighted by molar-refractivity contribution is -0.137. The standard InChI is InChI=1S/C13H13BrFNO3/c14-10-5-8(15)3-4-9(10)13(19)16-11(6-12(17)18)7-1-2-7/h3-5,7,11H,1-2,6H2,(H,16,19)(H,17,18). The van der Waals surface area contributed by atoms with Crippen molar-refractivity contribution in [2.75, 3.05) is 0 Å². The third-order valence-electron chi connectivity index (χ3n) is 3.08. The van der Waals surface area contributed by atoms with Crippen molar-refractivity contribution >= 4 is 27.8 Å². The number of hydrogen-bond acceptors (Lipinski definition) is 2. The number of amides is 1. The Hall–Kier alpha value is -1.43. The van der Waals surface area contributed by atoms with Gasteiger partial charge < -0.3 is 10.4 Å². The number of benzene rings is 1. The second kappa shape index (κ2) is 5.69. The Morgan fingerprint density at radius 3 is 2.68 bits per heavy atom. The molecule has 1 atom stereocenters. The highest BCUT2D eigenvalue weighted by Crippen LogP contribution is 2.34. The van der Waals surface area contributed by atoms with Gasteiger partial charge in [-0.1, -0.05) is 0 Å². The third-order valence-corrected chi connectivity index (χ3v) is 3.73. The van der Waals surface area contributed by atoms with Crippen LogP contribution in [-0.2, 0) is 4.79 Å². The van der Waals surface area contributed by atoms with Crippen LogP contribution in [0.15, 0.2) is 22.7 Å². The molecular formula is C13H13BrFNO3. The van der Waals surface area contributed by atoms with Gasteiger partial charge in [-0.3, -0.25) is 9.59 Å². The lowest BCUT2D eigenvalue weighted by Crippen LogP contribution is -2.38. The molecule has 1 aromatic carbocycles. The lowest BCUT2D eigenvalue weighted by atomic mass is 10.1. The summed E-state index contributed by atoms with van der Waals surface area (Å²) in [5.74, 6) is -1.52. The molecule has 1 amide bonds. The van der Waals surface area contributed by atoms with E-state index < -0.39 is 11.8 Å². The predicted octanol–water partition coefficient (Wildman–Crippen LogP) is 2.57. The number of hydrogen-bond donors (Lipinski definition) is 2. The van der Waals surface area contributed by atoms with Crippen molar-refractivity contribution in [3.8, 4) is 0 Å². The Labute approximate surface area is 118 Å². The molecule has 0 spiro atoms. The van der Waals surface area contributed by atoms with Crippen LogP contribution in [0.5, 0.6) is 0 Å². The second-order valence-electron chi connectivity index (χ2n) is 4.64. The fourth-order valence-electron chi connectivity index (χ4n) is 1.94. The van der Waals surface area contributed by atoms with Crippen LogP contribution < -0.4 is 5.32 Å². The highest BCUT2D eigenvalue weighted by molar-refractivity contribution is 9.10. The number of rotatable bonds is 5. The molecule has 102 valence electrons. The number of carboxylic acid groups (broad SMARTS) is 1. The first kappa shape index (κ1) is 14.0. The van der Waals surface area contributed by atoms with E-state index in [1.54, 1.807) is 0 Å². The van der Waals surface area contributed by atoms with Gasteiger partial charge in [0.1, 0.15) is 5.82 Å². The molecule has 0 aromatic heterocycles. The second-order valence-corrected chi connectivity index (χ2v) is 5.49. The lowest BCUT2D eigenvalue weighted by Gasteiger charge is -2.16. The van der Waals surface area contributed by atoms with Crippen molar-refractivity contribution in [2.24, 2.45) is 5.92 Å². The molecule has 1 saturated carbocycles. The molecule has 0 radical (unpaired) electrons. The number of aliphatic carboxylic acids is 1. The molecule has 19 heavy (non-hydrogen) atoms. The fourth-order valence-corrected chi connectivity index (χ4v) is 2.47. The van der Waals surface area contributed by atoms with E-state index >= 15 is 0 Å². The average molecular weight is 330 g/mol. The maximum Gasteiger partial charge on any atom is 0.305 e. The summed E-state index contributed by atoms with van der Waals surface area (Å²) in [5, 5.41) is 11.5. The van der Waals surface area contributed by atoms with Crippen molar-refractivity contribution in [2.45, 2.75) is 25.3 Å². The molecule has 0 bridgehead atoms. The van der Waals surface area contributed by atoms with E-state index in [1.807, 2.05) is 0 Å². The third kappa shape index (κ3) is 3.76. The van der Waals surface area contributed by atoms with E-state index in [0.29, 0.717) is 10.0 Å². The molecular weight excluding hydrogens is 317 g/mol. The van der Waals surface area contributed by atoms with Crippen molar-refractivity contribution in [3.63, 3.8) is 0 Å². The topological polar surface area (TPSA) is 66.4 Å². The molecule has 0 aliphatic heterocycles. The minimum absolute atomic E-state index is 0.0881. The summed E-state index contributed by atoms with van der Waals surface area (Å²) < 4.78 is 13.3. The van der Waals surface area contributed by atoms with E-state index in [-0.39, 0.29) is 24.3 Å². The number of carbonyl (C=O) groups is 2. The van der Waals surface area contributed by atoms with Gasteiger partial charge in [0.25, 0.3) is 5.91 Å². The monoisotopic (exact) mass is 329 g/mol. The molecule has 6 heteroatoms. The summed E-state index contributed by atoms with van der Waals surface area (Å²) in [6.45, 7) is 0. The zero-order chi connectivity index (χ0) is 14.0. The Morgan fingerprint density at radius 2 is 2.16 bits per heavy atom. The van der Waals surface area contributed by atoms with Crippen LogP contribution in [-0.4, -0.2) is 23.0 Å². The molecule has 2 N–H and O–H groups in total. The first-order chi connectivity index (χ1) is 8.97. The van der Waals surface area contributed by atoms with E-state index in [0.717, 1.165) is 12.8 Å². The van der Waals surface area contributed by atoms with Crippen LogP contribution in [0, 0.1) is 11.7 Å². The molecule has 1 aliphatic carbocycles. The van der Waals surface area contributed by atoms with Crippen molar-refractivity contribution in [1.82, 2.24) is 5.32 Å². The van der Waals surface area contributed by atoms with E-state index in [1.165, 1.54) is 18.2 Å². The average Bonchev–Trinajstić information content (AvgIpc) is 3.10. The van der Waals surface area contributed by atoms with Crippen LogP contribution in [0.2, 0.25) is 0 Å². The Morgan fingerprint density at radius 1 is 1.47 bits per heavy atom. The fraction of sp³-hybridized carbons (Fsp3) is 0.385. The molecule has 1 aliphatic rings. The Balaban J connectivity index is 2.08. The van der Waals surface area contributed by atoms with Crippen LogP contribution in [0.1, 0.15) is 29.6 Å². The minimum atomic E-state index is -0.935. The number of halogens is 2. The molecule has 1 aromatic rings. The summed E-state index contributed by atoms with van der Waals surface area (Å²) in [6.07, 6.45) is 1.78. The Kier molecular flexibility index (Phi) is 4.19. The maximum atomic E-state index is 12.9. The highest BCUT2D eigenvalue weighted by Gasteiger charge is 2.34. The predicted molar refractivity (Wildman–Crippen MR) is 70.3 cm³/mol. The SMILES string of the molecule is O=C(O)CC(NC(=O)c1ccc(F)cc1Br)C1CC1. The van der Waals surface area contributed by atoms with E-state index in [9.17, 15) is 14.0 Å². The summed E-state index contributed by atoms with van der Waals surface area (Å²) >= 11 is 3.12. The van der Waals surface area contributed by atoms with Crippen molar-refractivity contribution in [1.29, 1.82) is 0 Å². The van der Waals surface area contributed by atoms with Gasteiger partial charge in [-0.05, 0) is 52.9 Å². The van der Waals surface area contributed by atoms with Gasteiger partial charge in [0.05, 0.1) is 12.0 Å². The van der Waals surface area contributed by atoms with Crippen molar-refractivity contribution < 1.29 is 19.1 Å². The largest absolute Gasteiger partial charge is 0.481 e. The van der Waals surface area contributed by atoms with Gasteiger partial charge >= 0.3 is 5.97 Å². The van der Waals surface area contributed by atoms with Gasteiger partial charge in [0, 0.05) is 10.5 Å². The first-order valence-electron chi connectivity index (χ1n) is 5.95. The smallest absolute Gasteiger partial charge is 0.305 e. The maximum absolute atomic E-state index is 12.9. The zero-order valence-electron chi connectivity index (χ0n) is 10.0. The van der Waals surface area contributed by atoms with Crippen LogP contribution >= 0.6 is 15.9 Å². The van der Waals surface area contributed by atoms with Crippen LogP contribution in [0.25, 0.3) is 0 Å². The molecule has 2 rings (SSSR count). The summed E-state index contributed by atoms with van der Waals surface area (Å²) in [6, 6.07) is 3.42. The normalized spacial score (nSPS) is 15.9. The molecule has 4 nitrogen and oxygen atoms in total. The van der Waals surface area contributed by atoms with Gasteiger partial charge in [0.2, 0.25) is 0 Å². The molecule has 1 unspecified atom stereocenters. The number of nitrogens with one attached hydrogen (secondary N) is 1. The van der Waals surface area contributed by atoms with Gasteiger partial charge in [0.15, 0.2) is 0 Å².